The van der Waals surface area contributed by atoms with Crippen molar-refractivity contribution in [2.75, 3.05) is 13.2 Å². The van der Waals surface area contributed by atoms with Gasteiger partial charge in [0.15, 0.2) is 0 Å². The average Bonchev–Trinajstić information content (AvgIpc) is 2.54. The first-order chi connectivity index (χ1) is 10.1. The second kappa shape index (κ2) is 7.57. The van der Waals surface area contributed by atoms with Crippen LogP contribution in [0.3, 0.4) is 0 Å². The second-order valence-electron chi connectivity index (χ2n) is 5.96. The Hall–Kier alpha value is -1.39. The van der Waals surface area contributed by atoms with E-state index < -0.39 is 11.9 Å². The number of likely N-dealkylation sites (tertiary alicyclic amines) is 1. The smallest absolute Gasteiger partial charge is 0.328 e. The van der Waals surface area contributed by atoms with Gasteiger partial charge in [0.25, 0.3) is 5.91 Å². The Morgan fingerprint density at radius 1 is 1.00 bits per heavy atom. The molecule has 0 N–H and O–H groups in total. The molecule has 1 amide bonds. The van der Waals surface area contributed by atoms with Gasteiger partial charge in [0.1, 0.15) is 6.04 Å². The molecule has 1 aliphatic carbocycles. The number of rotatable bonds is 4. The van der Waals surface area contributed by atoms with Crippen LogP contribution in [0.5, 0.6) is 0 Å². The number of carbonyl (C=O) groups is 3. The third-order valence-corrected chi connectivity index (χ3v) is 4.51. The Balaban J connectivity index is 2.03. The number of ketones is 1. The number of esters is 1. The van der Waals surface area contributed by atoms with Crippen LogP contribution in [0, 0.1) is 5.92 Å². The first-order valence-electron chi connectivity index (χ1n) is 8.16. The number of amides is 1. The SMILES string of the molecule is CCOC(=O)[C@@H]1CCCCN1C(=O)C(=O)C1CCCCC1. The van der Waals surface area contributed by atoms with E-state index in [1.807, 2.05) is 0 Å². The lowest BCUT2D eigenvalue weighted by atomic mass is 9.85. The Kier molecular flexibility index (Phi) is 5.76. The van der Waals surface area contributed by atoms with Crippen LogP contribution in [0.25, 0.3) is 0 Å². The van der Waals surface area contributed by atoms with Gasteiger partial charge in [-0.3, -0.25) is 9.59 Å². The fraction of sp³-hybridized carbons (Fsp3) is 0.812. The molecule has 2 aliphatic rings. The lowest BCUT2D eigenvalue weighted by Gasteiger charge is -2.34. The van der Waals surface area contributed by atoms with Gasteiger partial charge in [0.2, 0.25) is 5.78 Å². The van der Waals surface area contributed by atoms with Crippen LogP contribution >= 0.6 is 0 Å². The molecule has 0 aromatic rings. The topological polar surface area (TPSA) is 63.7 Å². The monoisotopic (exact) mass is 295 g/mol. The lowest BCUT2D eigenvalue weighted by molar-refractivity contribution is -0.159. The molecular weight excluding hydrogens is 270 g/mol. The maximum atomic E-state index is 12.5. The number of Topliss-reactive ketones (excluding diaryl/α,β-unsaturated/α-hetero) is 1. The van der Waals surface area contributed by atoms with Crippen LogP contribution in [0.4, 0.5) is 0 Å². The van der Waals surface area contributed by atoms with Crippen molar-refractivity contribution in [2.24, 2.45) is 5.92 Å². The molecule has 1 heterocycles. The Morgan fingerprint density at radius 3 is 2.33 bits per heavy atom. The molecule has 5 heteroatoms. The van der Waals surface area contributed by atoms with Gasteiger partial charge < -0.3 is 9.64 Å². The maximum absolute atomic E-state index is 12.5. The third kappa shape index (κ3) is 3.83. The van der Waals surface area contributed by atoms with Gasteiger partial charge in [-0.05, 0) is 39.0 Å². The van der Waals surface area contributed by atoms with E-state index in [1.165, 1.54) is 4.90 Å². The van der Waals surface area contributed by atoms with Gasteiger partial charge in [-0.25, -0.2) is 4.79 Å². The summed E-state index contributed by atoms with van der Waals surface area (Å²) in [7, 11) is 0. The molecule has 1 saturated carbocycles. The molecule has 1 aliphatic heterocycles. The van der Waals surface area contributed by atoms with Gasteiger partial charge in [-0.15, -0.1) is 0 Å². The molecule has 21 heavy (non-hydrogen) atoms. The average molecular weight is 295 g/mol. The van der Waals surface area contributed by atoms with Gasteiger partial charge in [0, 0.05) is 12.5 Å². The molecule has 0 unspecified atom stereocenters. The van der Waals surface area contributed by atoms with Crippen molar-refractivity contribution < 1.29 is 19.1 Å². The highest BCUT2D eigenvalue weighted by Gasteiger charge is 2.38. The summed E-state index contributed by atoms with van der Waals surface area (Å²) in [5, 5.41) is 0. The van der Waals surface area contributed by atoms with Crippen LogP contribution in [0.2, 0.25) is 0 Å². The fourth-order valence-corrected chi connectivity index (χ4v) is 3.34. The van der Waals surface area contributed by atoms with Gasteiger partial charge >= 0.3 is 5.97 Å². The minimum atomic E-state index is -0.571. The highest BCUT2D eigenvalue weighted by molar-refractivity contribution is 6.37. The van der Waals surface area contributed by atoms with E-state index in [-0.39, 0.29) is 17.7 Å². The summed E-state index contributed by atoms with van der Waals surface area (Å²) in [6.45, 7) is 2.54. The first kappa shape index (κ1) is 16.0. The number of carbonyl (C=O) groups excluding carboxylic acids is 3. The van der Waals surface area contributed by atoms with Crippen molar-refractivity contribution >= 4 is 17.7 Å². The second-order valence-corrected chi connectivity index (χ2v) is 5.96. The molecular formula is C16H25NO4. The normalized spacial score (nSPS) is 23.7. The summed E-state index contributed by atoms with van der Waals surface area (Å²) in [5.74, 6) is -1.29. The Bertz CT molecular complexity index is 401. The molecule has 2 fully saturated rings. The zero-order chi connectivity index (χ0) is 15.2. The van der Waals surface area contributed by atoms with Crippen LogP contribution in [0.15, 0.2) is 0 Å². The molecule has 0 aromatic carbocycles. The molecule has 0 bridgehead atoms. The zero-order valence-electron chi connectivity index (χ0n) is 12.8. The zero-order valence-corrected chi connectivity index (χ0v) is 12.8. The van der Waals surface area contributed by atoms with Gasteiger partial charge in [-0.1, -0.05) is 19.3 Å². The van der Waals surface area contributed by atoms with Crippen molar-refractivity contribution in [1.29, 1.82) is 0 Å². The molecule has 1 saturated heterocycles. The summed E-state index contributed by atoms with van der Waals surface area (Å²) in [4.78, 5) is 38.3. The molecule has 2 rings (SSSR count). The number of piperidine rings is 1. The van der Waals surface area contributed by atoms with E-state index >= 15 is 0 Å². The van der Waals surface area contributed by atoms with Crippen LogP contribution in [-0.2, 0) is 19.1 Å². The third-order valence-electron chi connectivity index (χ3n) is 4.51. The summed E-state index contributed by atoms with van der Waals surface area (Å²) in [6, 6.07) is -0.571. The summed E-state index contributed by atoms with van der Waals surface area (Å²) in [6.07, 6.45) is 7.14. The van der Waals surface area contributed by atoms with Crippen LogP contribution in [0.1, 0.15) is 58.3 Å². The van der Waals surface area contributed by atoms with Crippen molar-refractivity contribution in [3.05, 3.63) is 0 Å². The van der Waals surface area contributed by atoms with E-state index in [0.29, 0.717) is 19.6 Å². The number of ether oxygens (including phenoxy) is 1. The number of hydrogen-bond donors (Lipinski definition) is 0. The standard InChI is InChI=1S/C16H25NO4/c1-2-21-16(20)13-10-6-7-11-17(13)15(19)14(18)12-8-4-3-5-9-12/h12-13H,2-11H2,1H3/t13-/m0/s1. The Morgan fingerprint density at radius 2 is 1.67 bits per heavy atom. The Labute approximate surface area is 126 Å². The van der Waals surface area contributed by atoms with Crippen molar-refractivity contribution in [3.63, 3.8) is 0 Å². The number of nitrogens with zero attached hydrogens (tertiary/aromatic N) is 1. The molecule has 0 radical (unpaired) electrons. The molecule has 0 aromatic heterocycles. The highest BCUT2D eigenvalue weighted by atomic mass is 16.5. The van der Waals surface area contributed by atoms with Crippen LogP contribution in [-0.4, -0.2) is 41.8 Å². The van der Waals surface area contributed by atoms with E-state index in [1.54, 1.807) is 6.92 Å². The highest BCUT2D eigenvalue weighted by Crippen LogP contribution is 2.26. The lowest BCUT2D eigenvalue weighted by Crippen LogP contribution is -2.52. The predicted molar refractivity (Wildman–Crippen MR) is 77.6 cm³/mol. The van der Waals surface area contributed by atoms with Crippen molar-refractivity contribution in [2.45, 2.75) is 64.3 Å². The fourth-order valence-electron chi connectivity index (χ4n) is 3.34. The van der Waals surface area contributed by atoms with Crippen molar-refractivity contribution in [3.8, 4) is 0 Å². The summed E-state index contributed by atoms with van der Waals surface area (Å²) >= 11 is 0. The predicted octanol–water partition coefficient (Wildman–Crippen LogP) is 2.08. The summed E-state index contributed by atoms with van der Waals surface area (Å²) < 4.78 is 5.04. The van der Waals surface area contributed by atoms with E-state index in [2.05, 4.69) is 0 Å². The maximum Gasteiger partial charge on any atom is 0.328 e. The van der Waals surface area contributed by atoms with Crippen molar-refractivity contribution in [1.82, 2.24) is 4.90 Å². The minimum absolute atomic E-state index is 0.143. The molecule has 0 spiro atoms. The quantitative estimate of drug-likeness (QED) is 0.588. The molecule has 5 nitrogen and oxygen atoms in total. The molecule has 1 atom stereocenters. The largest absolute Gasteiger partial charge is 0.464 e. The molecule has 118 valence electrons. The number of hydrogen-bond acceptors (Lipinski definition) is 4. The minimum Gasteiger partial charge on any atom is -0.464 e. The van der Waals surface area contributed by atoms with Crippen LogP contribution < -0.4 is 0 Å². The van der Waals surface area contributed by atoms with Gasteiger partial charge in [0.05, 0.1) is 6.61 Å². The summed E-state index contributed by atoms with van der Waals surface area (Å²) in [5.41, 5.74) is 0. The first-order valence-corrected chi connectivity index (χ1v) is 8.16. The van der Waals surface area contributed by atoms with Gasteiger partial charge in [-0.2, -0.15) is 0 Å². The van der Waals surface area contributed by atoms with E-state index in [4.69, 9.17) is 4.74 Å². The van der Waals surface area contributed by atoms with E-state index in [9.17, 15) is 14.4 Å². The van der Waals surface area contributed by atoms with E-state index in [0.717, 1.165) is 44.9 Å².